The highest BCUT2D eigenvalue weighted by Gasteiger charge is 2.72. The summed E-state index contributed by atoms with van der Waals surface area (Å²) >= 11 is 0. The van der Waals surface area contributed by atoms with E-state index in [0.29, 0.717) is 11.9 Å². The van der Waals surface area contributed by atoms with Crippen molar-refractivity contribution in [1.29, 1.82) is 0 Å². The molecule has 0 aliphatic carbocycles. The van der Waals surface area contributed by atoms with Crippen molar-refractivity contribution >= 4 is 5.78 Å². The van der Waals surface area contributed by atoms with E-state index in [1.165, 1.54) is 20.9 Å². The number of aromatic nitrogens is 1. The third-order valence-electron chi connectivity index (χ3n) is 7.44. The van der Waals surface area contributed by atoms with E-state index in [-0.39, 0.29) is 0 Å². The van der Waals surface area contributed by atoms with Crippen LogP contribution in [0.2, 0.25) is 0 Å². The molecule has 29 heavy (non-hydrogen) atoms. The lowest BCUT2D eigenvalue weighted by Crippen LogP contribution is -3.42. The number of carbonyl (C=O) groups excluding carboxylic acids is 1. The molecule has 7 rings (SSSR count). The van der Waals surface area contributed by atoms with E-state index < -0.39 is 10.8 Å². The van der Waals surface area contributed by atoms with E-state index in [1.54, 1.807) is 0 Å². The van der Waals surface area contributed by atoms with Gasteiger partial charge in [-0.1, -0.05) is 66.7 Å². The van der Waals surface area contributed by atoms with Crippen LogP contribution in [-0.2, 0) is 15.6 Å². The van der Waals surface area contributed by atoms with Crippen LogP contribution in [0.5, 0.6) is 0 Å². The lowest BCUT2D eigenvalue weighted by molar-refractivity contribution is -1.17. The van der Waals surface area contributed by atoms with Crippen molar-refractivity contribution in [1.82, 2.24) is 4.98 Å². The Morgan fingerprint density at radius 1 is 0.690 bits per heavy atom. The minimum atomic E-state index is -0.413. The van der Waals surface area contributed by atoms with Crippen LogP contribution in [0.25, 0.3) is 0 Å². The Bertz CT molecular complexity index is 974. The first-order valence-corrected chi connectivity index (χ1v) is 10.5. The maximum absolute atomic E-state index is 14.2. The number of pyridine rings is 1. The monoisotopic (exact) mass is 383 g/mol. The summed E-state index contributed by atoms with van der Waals surface area (Å²) in [5.41, 5.74) is 2.68. The summed E-state index contributed by atoms with van der Waals surface area (Å²) in [4.78, 5) is 21.9. The second-order valence-electron chi connectivity index (χ2n) is 8.94. The van der Waals surface area contributed by atoms with Crippen molar-refractivity contribution in [2.75, 3.05) is 26.2 Å². The topological polar surface area (TPSA) is 38.8 Å². The Morgan fingerprint density at radius 3 is 1.62 bits per heavy atom. The summed E-state index contributed by atoms with van der Waals surface area (Å²) in [6.45, 7) is 3.43. The van der Waals surface area contributed by atoms with Crippen LogP contribution in [-0.4, -0.2) is 36.9 Å². The molecule has 2 aromatic carbocycles. The van der Waals surface area contributed by atoms with Gasteiger partial charge in [0, 0.05) is 6.20 Å². The fourth-order valence-electron chi connectivity index (χ4n) is 6.43. The van der Waals surface area contributed by atoms with Gasteiger partial charge in [0.15, 0.2) is 22.3 Å². The van der Waals surface area contributed by atoms with Gasteiger partial charge in [-0.3, -0.25) is 14.6 Å². The van der Waals surface area contributed by atoms with Gasteiger partial charge in [-0.05, 0) is 23.3 Å². The molecule has 0 amide bonds. The Balaban J connectivity index is 1.53. The van der Waals surface area contributed by atoms with Gasteiger partial charge in [0.05, 0.1) is 0 Å². The molecule has 0 atom stereocenters. The molecule has 0 radical (unpaired) electrons. The van der Waals surface area contributed by atoms with Gasteiger partial charge in [-0.2, -0.15) is 0 Å². The van der Waals surface area contributed by atoms with E-state index in [4.69, 9.17) is 4.98 Å². The van der Waals surface area contributed by atoms with E-state index in [0.717, 1.165) is 31.9 Å². The largest absolute Gasteiger partial charge is 0.297 e. The van der Waals surface area contributed by atoms with Crippen molar-refractivity contribution < 1.29 is 14.6 Å². The van der Waals surface area contributed by atoms with Crippen molar-refractivity contribution in [3.63, 3.8) is 0 Å². The predicted molar refractivity (Wildman–Crippen MR) is 110 cm³/mol. The number of ketones is 1. The number of nitrogens with zero attached hydrogens (tertiary/aromatic N) is 1. The zero-order valence-electron chi connectivity index (χ0n) is 16.3. The highest BCUT2D eigenvalue weighted by atomic mass is 16.1. The predicted octanol–water partition coefficient (Wildman–Crippen LogP) is 0.336. The molecule has 0 spiro atoms. The molecule has 1 aromatic heterocycles. The molecule has 4 aliphatic heterocycles. The Morgan fingerprint density at radius 2 is 1.17 bits per heavy atom. The van der Waals surface area contributed by atoms with Gasteiger partial charge < -0.3 is 0 Å². The second-order valence-corrected chi connectivity index (χ2v) is 8.94. The molecule has 4 heteroatoms. The van der Waals surface area contributed by atoms with E-state index in [2.05, 4.69) is 60.7 Å². The van der Waals surface area contributed by atoms with Crippen LogP contribution >= 0.6 is 0 Å². The molecule has 3 aromatic rings. The Hall–Kier alpha value is -2.82. The molecule has 4 nitrogen and oxygen atoms in total. The van der Waals surface area contributed by atoms with Crippen LogP contribution in [0.15, 0.2) is 85.1 Å². The molecule has 4 fully saturated rings. The average Bonchev–Trinajstić information content (AvgIpc) is 2.78. The first-order valence-electron chi connectivity index (χ1n) is 10.5. The Labute approximate surface area is 170 Å². The summed E-state index contributed by atoms with van der Waals surface area (Å²) in [6, 6.07) is 27.2. The fraction of sp³-hybridized carbons (Fsp3) is 0.280. The van der Waals surface area contributed by atoms with Gasteiger partial charge in [0.1, 0.15) is 26.2 Å². The molecule has 0 saturated carbocycles. The standard InChI is InChI=1S/C25H23N3O/c29-23-24(19-9-3-1-4-10-19)15-27-17-25(23,20-11-5-2-6-12-20)18-28(16-24)22(27)21-13-7-8-14-26-21/h1-14,22H,15-18H2/p+2. The quantitative estimate of drug-likeness (QED) is 0.685. The molecule has 4 saturated heterocycles. The number of carbonyl (C=O) groups is 1. The maximum Gasteiger partial charge on any atom is 0.257 e. The van der Waals surface area contributed by atoms with Crippen LogP contribution < -0.4 is 9.80 Å². The SMILES string of the molecule is O=C1C2(c3ccccc3)C[NH+]3CC1(c1ccccc1)C[NH+](C2)C3c1ccccn1. The minimum Gasteiger partial charge on any atom is -0.297 e. The Kier molecular flexibility index (Phi) is 3.58. The van der Waals surface area contributed by atoms with Crippen LogP contribution in [0.1, 0.15) is 23.0 Å². The molecule has 4 aliphatic rings. The van der Waals surface area contributed by atoms with Crippen molar-refractivity contribution in [3.8, 4) is 0 Å². The van der Waals surface area contributed by atoms with Crippen molar-refractivity contribution in [2.24, 2.45) is 0 Å². The lowest BCUT2D eigenvalue weighted by Gasteiger charge is -2.60. The number of nitrogens with one attached hydrogen (secondary N) is 2. The molecular weight excluding hydrogens is 358 g/mol. The number of benzene rings is 2. The zero-order valence-corrected chi connectivity index (χ0v) is 16.3. The third kappa shape index (κ3) is 2.27. The lowest BCUT2D eigenvalue weighted by atomic mass is 9.56. The minimum absolute atomic E-state index is 0.304. The fourth-order valence-corrected chi connectivity index (χ4v) is 6.43. The van der Waals surface area contributed by atoms with Gasteiger partial charge in [-0.15, -0.1) is 0 Å². The molecule has 4 bridgehead atoms. The average molecular weight is 383 g/mol. The third-order valence-corrected chi connectivity index (χ3v) is 7.44. The van der Waals surface area contributed by atoms with Crippen molar-refractivity contribution in [2.45, 2.75) is 17.0 Å². The van der Waals surface area contributed by atoms with Crippen molar-refractivity contribution in [3.05, 3.63) is 102 Å². The van der Waals surface area contributed by atoms with Crippen LogP contribution in [0, 0.1) is 0 Å². The number of quaternary nitrogens is 2. The normalized spacial score (nSPS) is 35.0. The molecule has 5 heterocycles. The van der Waals surface area contributed by atoms with Gasteiger partial charge in [0.2, 0.25) is 0 Å². The number of Topliss-reactive ketones (excluding diaryl/α,β-unsaturated/α-hetero) is 1. The summed E-state index contributed by atoms with van der Waals surface area (Å²) in [7, 11) is 0. The highest BCUT2D eigenvalue weighted by molar-refractivity contribution is 6.00. The van der Waals surface area contributed by atoms with Gasteiger partial charge in [-0.25, -0.2) is 4.98 Å². The molecule has 144 valence electrons. The van der Waals surface area contributed by atoms with E-state index in [1.807, 2.05) is 24.4 Å². The molecule has 0 unspecified atom stereocenters. The summed E-state index contributed by atoms with van der Waals surface area (Å²) in [5.74, 6) is 0.425. The number of hydrogen-bond acceptors (Lipinski definition) is 2. The first kappa shape index (κ1) is 17.1. The maximum atomic E-state index is 14.2. The van der Waals surface area contributed by atoms with Crippen LogP contribution in [0.3, 0.4) is 0 Å². The summed E-state index contributed by atoms with van der Waals surface area (Å²) in [5, 5.41) is 0. The molecule has 2 N–H and O–H groups in total. The molecular formula is C25H25N3O+2. The highest BCUT2D eigenvalue weighted by Crippen LogP contribution is 2.41. The summed E-state index contributed by atoms with van der Waals surface area (Å²) in [6.07, 6.45) is 2.20. The second kappa shape index (κ2) is 6.09. The smallest absolute Gasteiger partial charge is 0.257 e. The van der Waals surface area contributed by atoms with E-state index in [9.17, 15) is 4.79 Å². The van der Waals surface area contributed by atoms with Crippen LogP contribution in [0.4, 0.5) is 0 Å². The first-order chi connectivity index (χ1) is 14.2. The van der Waals surface area contributed by atoms with E-state index >= 15 is 0 Å². The van der Waals surface area contributed by atoms with Gasteiger partial charge in [0.25, 0.3) is 6.17 Å². The summed E-state index contributed by atoms with van der Waals surface area (Å²) < 4.78 is 0. The number of piperidine rings is 2. The number of rotatable bonds is 3. The zero-order chi connectivity index (χ0) is 19.5. The number of hydrogen-bond donors (Lipinski definition) is 2. The van der Waals surface area contributed by atoms with Gasteiger partial charge >= 0.3 is 0 Å².